The molecule has 4 heterocycles. The summed E-state index contributed by atoms with van der Waals surface area (Å²) in [7, 11) is 1.54. The molecule has 5 rings (SSSR count). The number of ether oxygens (including phenoxy) is 3. The molecule has 0 aliphatic carbocycles. The predicted octanol–water partition coefficient (Wildman–Crippen LogP) is 2.90. The Morgan fingerprint density at radius 3 is 2.64 bits per heavy atom. The van der Waals surface area contributed by atoms with Crippen molar-refractivity contribution in [1.29, 1.82) is 0 Å². The van der Waals surface area contributed by atoms with Gasteiger partial charge in [0.2, 0.25) is 5.91 Å². The lowest BCUT2D eigenvalue weighted by Gasteiger charge is -2.23. The molecule has 4 aromatic rings. The summed E-state index contributed by atoms with van der Waals surface area (Å²) in [5.74, 6) is -0.451. The van der Waals surface area contributed by atoms with Gasteiger partial charge in [0.05, 0.1) is 44.1 Å². The molecule has 0 bridgehead atoms. The second-order valence-electron chi connectivity index (χ2n) is 9.93. The van der Waals surface area contributed by atoms with Crippen molar-refractivity contribution in [3.63, 3.8) is 0 Å². The molecular formula is C28H33FN6O6S. The van der Waals surface area contributed by atoms with E-state index in [-0.39, 0.29) is 25.1 Å². The predicted molar refractivity (Wildman–Crippen MR) is 154 cm³/mol. The van der Waals surface area contributed by atoms with E-state index in [1.807, 2.05) is 6.92 Å². The molecule has 3 aromatic heterocycles. The van der Waals surface area contributed by atoms with Crippen molar-refractivity contribution in [3.8, 4) is 10.8 Å². The summed E-state index contributed by atoms with van der Waals surface area (Å²) >= 11 is 1.18. The molecule has 1 aliphatic heterocycles. The van der Waals surface area contributed by atoms with Gasteiger partial charge in [-0.05, 0) is 38.0 Å². The quantitative estimate of drug-likeness (QED) is 0.232. The van der Waals surface area contributed by atoms with Gasteiger partial charge in [-0.25, -0.2) is 13.8 Å². The standard InChI is InChI=1S/C28H33FN6O6S/c1-4-5-12-40-21-7-6-18(29)15-19(21)22(41-14-13-39-3)16-33-27-23(17(2)26(42-27)35-31-10-11-32-35)25(37)34(28(33)38)20-8-9-30-24(20)36/h6-7,10-11,15,20,22H,4-5,8-9,12-14,16H2,1-3H3,(H,30,36)/t20-,22+/m1/s1. The van der Waals surface area contributed by atoms with Gasteiger partial charge in [0.15, 0.2) is 0 Å². The first-order valence-electron chi connectivity index (χ1n) is 13.8. The summed E-state index contributed by atoms with van der Waals surface area (Å²) in [6.45, 7) is 4.90. The van der Waals surface area contributed by atoms with Crippen molar-refractivity contribution in [2.75, 3.05) is 33.5 Å². The number of rotatable bonds is 13. The fourth-order valence-corrected chi connectivity index (χ4v) is 6.26. The molecule has 2 atom stereocenters. The number of aryl methyl sites for hydroxylation is 1. The zero-order chi connectivity index (χ0) is 29.8. The van der Waals surface area contributed by atoms with Crippen molar-refractivity contribution in [3.05, 3.63) is 68.4 Å². The number of carbonyl (C=O) groups excluding carboxylic acids is 1. The minimum Gasteiger partial charge on any atom is -0.493 e. The van der Waals surface area contributed by atoms with Gasteiger partial charge >= 0.3 is 5.69 Å². The molecule has 1 aliphatic rings. The zero-order valence-corrected chi connectivity index (χ0v) is 24.5. The van der Waals surface area contributed by atoms with Gasteiger partial charge < -0.3 is 19.5 Å². The van der Waals surface area contributed by atoms with Crippen LogP contribution in [0.2, 0.25) is 0 Å². The lowest BCUT2D eigenvalue weighted by atomic mass is 10.1. The molecule has 1 N–H and O–H groups in total. The van der Waals surface area contributed by atoms with Crippen molar-refractivity contribution < 1.29 is 23.4 Å². The van der Waals surface area contributed by atoms with E-state index < -0.39 is 35.1 Å². The Labute approximate surface area is 244 Å². The summed E-state index contributed by atoms with van der Waals surface area (Å²) in [5.41, 5.74) is -0.239. The summed E-state index contributed by atoms with van der Waals surface area (Å²) in [6.07, 6.45) is 4.19. The number of halogens is 1. The average Bonchev–Trinajstić information content (AvgIpc) is 3.72. The van der Waals surface area contributed by atoms with Gasteiger partial charge in [-0.15, -0.1) is 4.80 Å². The summed E-state index contributed by atoms with van der Waals surface area (Å²) in [6, 6.07) is 3.24. The number of nitrogens with one attached hydrogen (secondary N) is 1. The first-order valence-corrected chi connectivity index (χ1v) is 14.6. The number of hydrogen-bond acceptors (Lipinski definition) is 9. The maximum Gasteiger partial charge on any atom is 0.332 e. The second-order valence-corrected chi connectivity index (χ2v) is 10.9. The fraction of sp³-hybridized carbons (Fsp3) is 0.464. The third kappa shape index (κ3) is 5.74. The molecule has 1 saturated heterocycles. The highest BCUT2D eigenvalue weighted by atomic mass is 32.1. The van der Waals surface area contributed by atoms with Crippen LogP contribution in [0.15, 0.2) is 40.2 Å². The van der Waals surface area contributed by atoms with E-state index in [1.165, 1.54) is 52.3 Å². The Balaban J connectivity index is 1.70. The molecule has 0 radical (unpaired) electrons. The average molecular weight is 601 g/mol. The third-order valence-electron chi connectivity index (χ3n) is 7.18. The topological polar surface area (TPSA) is 132 Å². The van der Waals surface area contributed by atoms with Gasteiger partial charge in [-0.3, -0.25) is 14.2 Å². The van der Waals surface area contributed by atoms with E-state index in [1.54, 1.807) is 13.0 Å². The Kier molecular flexibility index (Phi) is 9.14. The molecule has 14 heteroatoms. The van der Waals surface area contributed by atoms with Crippen LogP contribution < -0.4 is 21.3 Å². The molecule has 1 amide bonds. The van der Waals surface area contributed by atoms with E-state index in [4.69, 9.17) is 14.2 Å². The Hall–Kier alpha value is -3.88. The van der Waals surface area contributed by atoms with E-state index >= 15 is 0 Å². The fourth-order valence-electron chi connectivity index (χ4n) is 5.04. The maximum absolute atomic E-state index is 14.6. The van der Waals surface area contributed by atoms with E-state index in [0.717, 1.165) is 17.4 Å². The molecule has 12 nitrogen and oxygen atoms in total. The van der Waals surface area contributed by atoms with Gasteiger partial charge in [0.25, 0.3) is 5.56 Å². The van der Waals surface area contributed by atoms with Crippen LogP contribution >= 0.6 is 11.3 Å². The number of fused-ring (bicyclic) bond motifs is 1. The second kappa shape index (κ2) is 13.0. The highest BCUT2D eigenvalue weighted by molar-refractivity contribution is 7.21. The van der Waals surface area contributed by atoms with E-state index in [0.29, 0.717) is 46.3 Å². The van der Waals surface area contributed by atoms with Crippen molar-refractivity contribution >= 4 is 27.5 Å². The van der Waals surface area contributed by atoms with Gasteiger partial charge in [-0.1, -0.05) is 24.7 Å². The first kappa shape index (κ1) is 29.6. The zero-order valence-electron chi connectivity index (χ0n) is 23.7. The lowest BCUT2D eigenvalue weighted by molar-refractivity contribution is -0.122. The number of benzene rings is 1. The maximum atomic E-state index is 14.6. The molecule has 0 unspecified atom stereocenters. The van der Waals surface area contributed by atoms with Crippen LogP contribution in [0.5, 0.6) is 5.75 Å². The van der Waals surface area contributed by atoms with Crippen LogP contribution in [0.1, 0.15) is 49.5 Å². The first-order chi connectivity index (χ1) is 20.3. The lowest BCUT2D eigenvalue weighted by Crippen LogP contribution is -2.44. The smallest absolute Gasteiger partial charge is 0.332 e. The van der Waals surface area contributed by atoms with Crippen LogP contribution in [0, 0.1) is 12.7 Å². The number of unbranched alkanes of at least 4 members (excludes halogenated alkanes) is 1. The largest absolute Gasteiger partial charge is 0.493 e. The van der Waals surface area contributed by atoms with Gasteiger partial charge in [-0.2, -0.15) is 10.2 Å². The molecule has 224 valence electrons. The highest BCUT2D eigenvalue weighted by Gasteiger charge is 2.33. The minimum absolute atomic E-state index is 0.0901. The number of hydrogen-bond donors (Lipinski definition) is 1. The molecule has 1 fully saturated rings. The van der Waals surface area contributed by atoms with Crippen LogP contribution in [0.25, 0.3) is 15.2 Å². The van der Waals surface area contributed by atoms with Crippen molar-refractivity contribution in [2.45, 2.75) is 51.8 Å². The molecule has 42 heavy (non-hydrogen) atoms. The minimum atomic E-state index is -0.957. The van der Waals surface area contributed by atoms with Crippen molar-refractivity contribution in [1.82, 2.24) is 29.4 Å². The van der Waals surface area contributed by atoms with E-state index in [2.05, 4.69) is 15.5 Å². The number of carbonyl (C=O) groups is 1. The summed E-state index contributed by atoms with van der Waals surface area (Å²) in [5, 5.41) is 12.0. The molecule has 0 saturated carbocycles. The monoisotopic (exact) mass is 600 g/mol. The number of nitrogens with zero attached hydrogens (tertiary/aromatic N) is 5. The number of methoxy groups -OCH3 is 1. The number of amides is 1. The third-order valence-corrected chi connectivity index (χ3v) is 8.46. The van der Waals surface area contributed by atoms with Crippen molar-refractivity contribution in [2.24, 2.45) is 0 Å². The summed E-state index contributed by atoms with van der Waals surface area (Å²) < 4.78 is 34.4. The molecular weight excluding hydrogens is 567 g/mol. The summed E-state index contributed by atoms with van der Waals surface area (Å²) in [4.78, 5) is 42.4. The van der Waals surface area contributed by atoms with Crippen LogP contribution in [-0.2, 0) is 20.8 Å². The van der Waals surface area contributed by atoms with Gasteiger partial charge in [0, 0.05) is 24.8 Å². The van der Waals surface area contributed by atoms with E-state index in [9.17, 15) is 18.8 Å². The van der Waals surface area contributed by atoms with Crippen LogP contribution in [0.3, 0.4) is 0 Å². The Bertz CT molecular complexity index is 1680. The Morgan fingerprint density at radius 1 is 1.17 bits per heavy atom. The van der Waals surface area contributed by atoms with Gasteiger partial charge in [0.1, 0.15) is 33.5 Å². The SMILES string of the molecule is CCCCOc1ccc(F)cc1[C@H](Cn1c(=O)n([C@@H]2CCNC2=O)c(=O)c2c(C)c(-n3nccn3)sc21)OCCOC. The van der Waals surface area contributed by atoms with Crippen LogP contribution in [0.4, 0.5) is 4.39 Å². The Morgan fingerprint density at radius 2 is 1.95 bits per heavy atom. The normalized spacial score (nSPS) is 15.8. The molecule has 0 spiro atoms. The molecule has 1 aromatic carbocycles. The number of thiophene rings is 1. The van der Waals surface area contributed by atoms with Crippen LogP contribution in [-0.4, -0.2) is 63.5 Å². The number of aromatic nitrogens is 5. The highest BCUT2D eigenvalue weighted by Crippen LogP contribution is 2.34.